The fourth-order valence-electron chi connectivity index (χ4n) is 3.15. The Bertz CT molecular complexity index is 1220. The molecule has 0 aliphatic rings. The second-order valence-electron chi connectivity index (χ2n) is 6.70. The fraction of sp³-hybridized carbons (Fsp3) is 0.238. The van der Waals surface area contributed by atoms with Crippen LogP contribution in [0.3, 0.4) is 0 Å². The summed E-state index contributed by atoms with van der Waals surface area (Å²) in [5, 5.41) is 22.7. The molecule has 0 saturated heterocycles. The number of aryl methyl sites for hydroxylation is 3. The number of aromatic hydroxyl groups is 1. The minimum atomic E-state index is -4.64. The van der Waals surface area contributed by atoms with Crippen LogP contribution in [0, 0.1) is 20.8 Å². The van der Waals surface area contributed by atoms with Gasteiger partial charge in [-0.05, 0) is 55.5 Å². The average molecular weight is 416 g/mol. The molecule has 0 amide bonds. The lowest BCUT2D eigenvalue weighted by molar-refractivity contribution is 0.472. The Balaban J connectivity index is 0.00000300. The summed E-state index contributed by atoms with van der Waals surface area (Å²) < 4.78 is 33.6. The highest BCUT2D eigenvalue weighted by atomic mass is 32.2. The molecule has 0 aliphatic heterocycles. The summed E-state index contributed by atoms with van der Waals surface area (Å²) in [7, 11) is -2.94. The van der Waals surface area contributed by atoms with E-state index in [-0.39, 0.29) is 18.9 Å². The molecule has 0 atom stereocenters. The van der Waals surface area contributed by atoms with E-state index in [1.807, 2.05) is 39.0 Å². The number of hydrogen-bond donors (Lipinski definition) is 3. The van der Waals surface area contributed by atoms with Crippen LogP contribution in [-0.2, 0) is 10.1 Å². The molecule has 0 radical (unpaired) electrons. The summed E-state index contributed by atoms with van der Waals surface area (Å²) in [4.78, 5) is -0.501. The van der Waals surface area contributed by atoms with Crippen LogP contribution in [0.5, 0.6) is 5.75 Å². The molecule has 0 aromatic heterocycles. The highest BCUT2D eigenvalue weighted by molar-refractivity contribution is 7.86. The highest BCUT2D eigenvalue weighted by Crippen LogP contribution is 2.44. The summed E-state index contributed by atoms with van der Waals surface area (Å²) in [6, 6.07) is 10.3. The van der Waals surface area contributed by atoms with Crippen molar-refractivity contribution in [1.29, 1.82) is 0 Å². The zero-order valence-corrected chi connectivity index (χ0v) is 16.8. The van der Waals surface area contributed by atoms with E-state index in [0.29, 0.717) is 22.1 Å². The molecule has 0 spiro atoms. The monoisotopic (exact) mass is 415 g/mol. The molecule has 3 N–H and O–H groups in total. The normalized spacial score (nSPS) is 11.6. The number of phenols is 1. The van der Waals surface area contributed by atoms with E-state index >= 15 is 0 Å². The molecule has 0 bridgehead atoms. The summed E-state index contributed by atoms with van der Waals surface area (Å²) in [6.45, 7) is 5.65. The van der Waals surface area contributed by atoms with Crippen LogP contribution in [0.4, 0.5) is 17.1 Å². The van der Waals surface area contributed by atoms with Crippen LogP contribution in [0.2, 0.25) is 0 Å². The maximum Gasteiger partial charge on any atom is 0.296 e. The number of nitrogens with one attached hydrogen (secondary N) is 1. The lowest BCUT2D eigenvalue weighted by Gasteiger charge is -2.13. The van der Waals surface area contributed by atoms with Gasteiger partial charge in [0.15, 0.2) is 5.75 Å². The van der Waals surface area contributed by atoms with Crippen molar-refractivity contribution in [1.82, 2.24) is 0 Å². The molecule has 3 aromatic rings. The SMILES string of the molecule is C.CNc1cc(C)cc2cc(S(=O)(=O)O)c(N=Nc3ccc(C)cc3C)c(O)c12. The topological polar surface area (TPSA) is 111 Å². The molecule has 8 heteroatoms. The third-order valence-corrected chi connectivity index (χ3v) is 5.32. The summed E-state index contributed by atoms with van der Waals surface area (Å²) >= 11 is 0. The zero-order chi connectivity index (χ0) is 20.6. The quantitative estimate of drug-likeness (QED) is 0.368. The van der Waals surface area contributed by atoms with Gasteiger partial charge in [-0.3, -0.25) is 4.55 Å². The van der Waals surface area contributed by atoms with Gasteiger partial charge in [0.25, 0.3) is 10.1 Å². The van der Waals surface area contributed by atoms with Gasteiger partial charge in [-0.1, -0.05) is 31.2 Å². The van der Waals surface area contributed by atoms with Crippen molar-refractivity contribution in [2.75, 3.05) is 12.4 Å². The van der Waals surface area contributed by atoms with Gasteiger partial charge in [-0.15, -0.1) is 5.11 Å². The molecule has 3 rings (SSSR count). The molecule has 0 heterocycles. The average Bonchev–Trinajstić information content (AvgIpc) is 2.60. The first-order chi connectivity index (χ1) is 13.1. The number of fused-ring (bicyclic) bond motifs is 1. The van der Waals surface area contributed by atoms with E-state index in [9.17, 15) is 18.1 Å². The molecule has 0 aliphatic carbocycles. The third kappa shape index (κ3) is 4.38. The Kier molecular flexibility index (Phi) is 6.30. The van der Waals surface area contributed by atoms with Gasteiger partial charge in [-0.2, -0.15) is 13.5 Å². The van der Waals surface area contributed by atoms with Gasteiger partial charge < -0.3 is 10.4 Å². The molecule has 0 saturated carbocycles. The molecule has 0 unspecified atom stereocenters. The Morgan fingerprint density at radius 1 is 0.966 bits per heavy atom. The molecule has 0 fully saturated rings. The Morgan fingerprint density at radius 2 is 1.66 bits per heavy atom. The van der Waals surface area contributed by atoms with Crippen molar-refractivity contribution in [2.24, 2.45) is 10.2 Å². The number of hydrogen-bond acceptors (Lipinski definition) is 6. The zero-order valence-electron chi connectivity index (χ0n) is 16.0. The van der Waals surface area contributed by atoms with Crippen molar-refractivity contribution in [3.63, 3.8) is 0 Å². The van der Waals surface area contributed by atoms with Crippen molar-refractivity contribution < 1.29 is 18.1 Å². The van der Waals surface area contributed by atoms with Crippen molar-refractivity contribution in [2.45, 2.75) is 33.1 Å². The molecule has 154 valence electrons. The molecule has 29 heavy (non-hydrogen) atoms. The Morgan fingerprint density at radius 3 is 2.24 bits per heavy atom. The first kappa shape index (κ1) is 22.3. The summed E-state index contributed by atoms with van der Waals surface area (Å²) in [6.07, 6.45) is 0. The van der Waals surface area contributed by atoms with Gasteiger partial charge in [0.2, 0.25) is 0 Å². The van der Waals surface area contributed by atoms with E-state index < -0.39 is 15.0 Å². The van der Waals surface area contributed by atoms with E-state index in [1.54, 1.807) is 19.2 Å². The van der Waals surface area contributed by atoms with Crippen LogP contribution in [-0.4, -0.2) is 25.1 Å². The second kappa shape index (κ2) is 8.18. The fourth-order valence-corrected chi connectivity index (χ4v) is 3.81. The second-order valence-corrected chi connectivity index (χ2v) is 8.09. The maximum atomic E-state index is 11.9. The Hall–Kier alpha value is -2.97. The molecule has 7 nitrogen and oxygen atoms in total. The third-order valence-electron chi connectivity index (χ3n) is 4.45. The largest absolute Gasteiger partial charge is 0.505 e. The molecular weight excluding hydrogens is 390 g/mol. The van der Waals surface area contributed by atoms with Crippen LogP contribution >= 0.6 is 0 Å². The van der Waals surface area contributed by atoms with Gasteiger partial charge in [0, 0.05) is 18.1 Å². The van der Waals surface area contributed by atoms with Gasteiger partial charge in [0.1, 0.15) is 10.6 Å². The van der Waals surface area contributed by atoms with E-state index in [1.165, 1.54) is 6.07 Å². The summed E-state index contributed by atoms with van der Waals surface area (Å²) in [5.74, 6) is -0.372. The molecule has 3 aromatic carbocycles. The predicted molar refractivity (Wildman–Crippen MR) is 117 cm³/mol. The van der Waals surface area contributed by atoms with Crippen molar-refractivity contribution in [3.8, 4) is 5.75 Å². The highest BCUT2D eigenvalue weighted by Gasteiger charge is 2.23. The van der Waals surface area contributed by atoms with Crippen molar-refractivity contribution in [3.05, 3.63) is 53.1 Å². The number of anilines is 1. The van der Waals surface area contributed by atoms with Crippen LogP contribution < -0.4 is 5.32 Å². The van der Waals surface area contributed by atoms with Gasteiger partial charge >= 0.3 is 0 Å². The predicted octanol–water partition coefficient (Wildman–Crippen LogP) is 5.81. The van der Waals surface area contributed by atoms with Crippen LogP contribution in [0.1, 0.15) is 24.1 Å². The maximum absolute atomic E-state index is 11.9. The number of benzene rings is 3. The Labute approximate surface area is 170 Å². The molecular formula is C21H25N3O4S. The number of azo groups is 1. The smallest absolute Gasteiger partial charge is 0.296 e. The van der Waals surface area contributed by atoms with Crippen LogP contribution in [0.25, 0.3) is 10.8 Å². The minimum absolute atomic E-state index is 0. The van der Waals surface area contributed by atoms with E-state index in [4.69, 9.17) is 0 Å². The number of phenolic OH excluding ortho intramolecular Hbond substituents is 1. The first-order valence-corrected chi connectivity index (χ1v) is 10.0. The van der Waals surface area contributed by atoms with E-state index in [0.717, 1.165) is 16.7 Å². The van der Waals surface area contributed by atoms with Crippen molar-refractivity contribution >= 4 is 38.0 Å². The number of rotatable bonds is 4. The number of nitrogens with zero attached hydrogens (tertiary/aromatic N) is 2. The minimum Gasteiger partial charge on any atom is -0.505 e. The van der Waals surface area contributed by atoms with Gasteiger partial charge in [0.05, 0.1) is 5.69 Å². The van der Waals surface area contributed by atoms with E-state index in [2.05, 4.69) is 15.5 Å². The standard InChI is InChI=1S/C20H21N3O4S.CH4/c1-11-5-6-15(13(3)7-11)22-23-19-17(28(25,26)27)10-14-8-12(2)9-16(21-4)18(14)20(19)24;/h5-10,21,24H,1-4H3,(H,25,26,27);1H4. The van der Waals surface area contributed by atoms with Crippen LogP contribution in [0.15, 0.2) is 51.5 Å². The first-order valence-electron chi connectivity index (χ1n) is 8.56. The van der Waals surface area contributed by atoms with Gasteiger partial charge in [-0.25, -0.2) is 0 Å². The lowest BCUT2D eigenvalue weighted by Crippen LogP contribution is -2.00. The summed E-state index contributed by atoms with van der Waals surface area (Å²) in [5.41, 5.74) is 3.60. The lowest BCUT2D eigenvalue weighted by atomic mass is 10.0.